The van der Waals surface area contributed by atoms with Crippen LogP contribution in [0.15, 0.2) is 18.2 Å². The van der Waals surface area contributed by atoms with E-state index < -0.39 is 10.0 Å². The van der Waals surface area contributed by atoms with Gasteiger partial charge in [0.2, 0.25) is 10.0 Å². The molecule has 4 nitrogen and oxygen atoms in total. The van der Waals surface area contributed by atoms with E-state index in [1.165, 1.54) is 0 Å². The first-order valence-electron chi connectivity index (χ1n) is 4.38. The van der Waals surface area contributed by atoms with Crippen molar-refractivity contribution in [1.82, 2.24) is 0 Å². The standard InChI is InChI=1S/C9H13ClN2O2S.ClH/c1-15(13,14)12-9-3-2-7(4-5-11)6-8(9)10;/h2-3,6,12H,4-5,11H2,1H3;1H. The first kappa shape index (κ1) is 15.5. The molecule has 0 saturated heterocycles. The van der Waals surface area contributed by atoms with Gasteiger partial charge in [-0.25, -0.2) is 8.42 Å². The number of nitrogens with two attached hydrogens (primary N) is 1. The molecule has 0 radical (unpaired) electrons. The van der Waals surface area contributed by atoms with Crippen molar-refractivity contribution in [2.24, 2.45) is 5.73 Å². The predicted octanol–water partition coefficient (Wildman–Crippen LogP) is 1.63. The monoisotopic (exact) mass is 284 g/mol. The van der Waals surface area contributed by atoms with E-state index in [0.29, 0.717) is 17.3 Å². The molecule has 0 saturated carbocycles. The lowest BCUT2D eigenvalue weighted by atomic mass is 10.1. The van der Waals surface area contributed by atoms with E-state index in [1.54, 1.807) is 18.2 Å². The smallest absolute Gasteiger partial charge is 0.229 e. The maximum Gasteiger partial charge on any atom is 0.229 e. The fraction of sp³-hybridized carbons (Fsp3) is 0.333. The average molecular weight is 285 g/mol. The van der Waals surface area contributed by atoms with Gasteiger partial charge in [-0.05, 0) is 30.7 Å². The van der Waals surface area contributed by atoms with Crippen molar-refractivity contribution >= 4 is 39.7 Å². The number of hydrogen-bond acceptors (Lipinski definition) is 3. The van der Waals surface area contributed by atoms with Crippen molar-refractivity contribution < 1.29 is 8.42 Å². The quantitative estimate of drug-likeness (QED) is 0.883. The Bertz CT molecular complexity index is 449. The summed E-state index contributed by atoms with van der Waals surface area (Å²) in [6.07, 6.45) is 1.80. The summed E-state index contributed by atoms with van der Waals surface area (Å²) in [5.41, 5.74) is 6.77. The lowest BCUT2D eigenvalue weighted by Crippen LogP contribution is -2.10. The third-order valence-corrected chi connectivity index (χ3v) is 2.67. The fourth-order valence-electron chi connectivity index (χ4n) is 1.16. The summed E-state index contributed by atoms with van der Waals surface area (Å²) in [6.45, 7) is 0.537. The van der Waals surface area contributed by atoms with Gasteiger partial charge in [0.15, 0.2) is 0 Å². The van der Waals surface area contributed by atoms with Crippen LogP contribution in [0.25, 0.3) is 0 Å². The zero-order valence-corrected chi connectivity index (χ0v) is 11.1. The van der Waals surface area contributed by atoms with Crippen molar-refractivity contribution in [2.45, 2.75) is 6.42 Å². The Morgan fingerprint density at radius 2 is 2.06 bits per heavy atom. The van der Waals surface area contributed by atoms with Crippen LogP contribution in [0.1, 0.15) is 5.56 Å². The van der Waals surface area contributed by atoms with Crippen molar-refractivity contribution in [2.75, 3.05) is 17.5 Å². The van der Waals surface area contributed by atoms with E-state index in [4.69, 9.17) is 17.3 Å². The van der Waals surface area contributed by atoms with Gasteiger partial charge in [-0.1, -0.05) is 17.7 Å². The van der Waals surface area contributed by atoms with Gasteiger partial charge in [0.25, 0.3) is 0 Å². The van der Waals surface area contributed by atoms with Crippen LogP contribution < -0.4 is 10.5 Å². The summed E-state index contributed by atoms with van der Waals surface area (Å²) in [4.78, 5) is 0. The normalized spacial score (nSPS) is 10.7. The van der Waals surface area contributed by atoms with Crippen LogP contribution in [0.2, 0.25) is 5.02 Å². The highest BCUT2D eigenvalue weighted by atomic mass is 35.5. The molecule has 1 rings (SSSR count). The minimum atomic E-state index is -3.28. The van der Waals surface area contributed by atoms with Crippen molar-refractivity contribution in [3.63, 3.8) is 0 Å². The van der Waals surface area contributed by atoms with E-state index in [1.807, 2.05) is 0 Å². The zero-order valence-electron chi connectivity index (χ0n) is 8.73. The summed E-state index contributed by atoms with van der Waals surface area (Å²) >= 11 is 5.90. The molecule has 0 aliphatic carbocycles. The molecule has 92 valence electrons. The number of halogens is 2. The summed E-state index contributed by atoms with van der Waals surface area (Å²) in [6, 6.07) is 5.14. The molecule has 1 aromatic carbocycles. The maximum atomic E-state index is 11.0. The van der Waals surface area contributed by atoms with Crippen LogP contribution in [0.3, 0.4) is 0 Å². The van der Waals surface area contributed by atoms with Crippen molar-refractivity contribution in [3.8, 4) is 0 Å². The number of sulfonamides is 1. The van der Waals surface area contributed by atoms with Gasteiger partial charge >= 0.3 is 0 Å². The second kappa shape index (κ2) is 6.30. The van der Waals surface area contributed by atoms with Crippen LogP contribution in [0.4, 0.5) is 5.69 Å². The first-order valence-corrected chi connectivity index (χ1v) is 6.65. The summed E-state index contributed by atoms with van der Waals surface area (Å²) in [5.74, 6) is 0. The van der Waals surface area contributed by atoms with Gasteiger partial charge < -0.3 is 5.73 Å². The van der Waals surface area contributed by atoms with Gasteiger partial charge in [0.1, 0.15) is 0 Å². The Kier molecular flexibility index (Phi) is 6.10. The van der Waals surface area contributed by atoms with Gasteiger partial charge in [-0.3, -0.25) is 4.72 Å². The molecule has 1 aromatic rings. The number of rotatable bonds is 4. The predicted molar refractivity (Wildman–Crippen MR) is 69.9 cm³/mol. The summed E-state index contributed by atoms with van der Waals surface area (Å²) in [7, 11) is -3.28. The third kappa shape index (κ3) is 5.03. The highest BCUT2D eigenvalue weighted by Gasteiger charge is 2.06. The molecule has 0 unspecified atom stereocenters. The second-order valence-electron chi connectivity index (χ2n) is 3.23. The molecule has 0 aromatic heterocycles. The van der Waals surface area contributed by atoms with Gasteiger partial charge in [-0.15, -0.1) is 12.4 Å². The van der Waals surface area contributed by atoms with Crippen LogP contribution in [0.5, 0.6) is 0 Å². The summed E-state index contributed by atoms with van der Waals surface area (Å²) in [5, 5.41) is 0.381. The Hall–Kier alpha value is -0.490. The van der Waals surface area contributed by atoms with Crippen LogP contribution >= 0.6 is 24.0 Å². The minimum Gasteiger partial charge on any atom is -0.330 e. The van der Waals surface area contributed by atoms with E-state index in [0.717, 1.165) is 18.2 Å². The third-order valence-electron chi connectivity index (χ3n) is 1.76. The first-order chi connectivity index (χ1) is 6.92. The van der Waals surface area contributed by atoms with Crippen molar-refractivity contribution in [3.05, 3.63) is 28.8 Å². The van der Waals surface area contributed by atoms with Crippen LogP contribution in [-0.4, -0.2) is 21.2 Å². The van der Waals surface area contributed by atoms with Gasteiger partial charge in [0, 0.05) is 0 Å². The molecule has 0 spiro atoms. The molecule has 0 amide bonds. The van der Waals surface area contributed by atoms with Gasteiger partial charge in [0.05, 0.1) is 17.0 Å². The largest absolute Gasteiger partial charge is 0.330 e. The minimum absolute atomic E-state index is 0. The SMILES string of the molecule is CS(=O)(=O)Nc1ccc(CCN)cc1Cl.Cl. The fourth-order valence-corrected chi connectivity index (χ4v) is 2.05. The molecule has 7 heteroatoms. The van der Waals surface area contributed by atoms with Crippen molar-refractivity contribution in [1.29, 1.82) is 0 Å². The Morgan fingerprint density at radius 1 is 1.44 bits per heavy atom. The topological polar surface area (TPSA) is 72.2 Å². The molecule has 0 bridgehead atoms. The van der Waals surface area contributed by atoms with E-state index in [9.17, 15) is 8.42 Å². The average Bonchev–Trinajstić information content (AvgIpc) is 2.08. The molecule has 0 heterocycles. The number of hydrogen-bond donors (Lipinski definition) is 2. The zero-order chi connectivity index (χ0) is 11.5. The Labute approximate surface area is 107 Å². The molecule has 0 aliphatic heterocycles. The van der Waals surface area contributed by atoms with E-state index in [2.05, 4.69) is 4.72 Å². The highest BCUT2D eigenvalue weighted by Crippen LogP contribution is 2.23. The number of anilines is 1. The Morgan fingerprint density at radius 3 is 2.50 bits per heavy atom. The molecule has 16 heavy (non-hydrogen) atoms. The molecular weight excluding hydrogens is 271 g/mol. The molecule has 3 N–H and O–H groups in total. The molecule has 0 aliphatic rings. The number of nitrogens with one attached hydrogen (secondary N) is 1. The van der Waals surface area contributed by atoms with Crippen LogP contribution in [0, 0.1) is 0 Å². The second-order valence-corrected chi connectivity index (χ2v) is 5.38. The molecular formula is C9H14Cl2N2O2S. The Balaban J connectivity index is 0.00000225. The lowest BCUT2D eigenvalue weighted by Gasteiger charge is -2.07. The number of benzene rings is 1. The lowest BCUT2D eigenvalue weighted by molar-refractivity contribution is 0.607. The van der Waals surface area contributed by atoms with Crippen LogP contribution in [-0.2, 0) is 16.4 Å². The highest BCUT2D eigenvalue weighted by molar-refractivity contribution is 7.92. The maximum absolute atomic E-state index is 11.0. The van der Waals surface area contributed by atoms with Gasteiger partial charge in [-0.2, -0.15) is 0 Å². The molecule has 0 fully saturated rings. The van der Waals surface area contributed by atoms with E-state index >= 15 is 0 Å². The molecule has 0 atom stereocenters. The van der Waals surface area contributed by atoms with E-state index in [-0.39, 0.29) is 12.4 Å². The summed E-state index contributed by atoms with van der Waals surface area (Å²) < 4.78 is 24.3.